The number of benzene rings is 2. The van der Waals surface area contributed by atoms with Crippen LogP contribution in [-0.4, -0.2) is 15.8 Å². The van der Waals surface area contributed by atoms with E-state index in [1.54, 1.807) is 18.3 Å². The van der Waals surface area contributed by atoms with Gasteiger partial charge < -0.3 is 10.6 Å². The summed E-state index contributed by atoms with van der Waals surface area (Å²) in [5, 5.41) is 9.96. The first kappa shape index (κ1) is 17.7. The molecule has 0 saturated carbocycles. The number of hydrogen-bond acceptors (Lipinski definition) is 2. The first-order chi connectivity index (χ1) is 12.6. The number of rotatable bonds is 6. The summed E-state index contributed by atoms with van der Waals surface area (Å²) in [5.74, 6) is -0.292. The molecule has 0 fully saturated rings. The fraction of sp³-hybridized carbons (Fsp3) is 0.200. The quantitative estimate of drug-likeness (QED) is 0.712. The van der Waals surface area contributed by atoms with Gasteiger partial charge in [0.05, 0.1) is 12.6 Å². The Morgan fingerprint density at radius 3 is 2.54 bits per heavy atom. The standard InChI is InChI=1S/C20H21FN4O/c1-15(16-7-9-19(21)10-8-16)24-20(26)22-13-17-5-2-3-6-18(17)14-25-12-4-11-23-25/h2-12,15H,13-14H2,1H3,(H2,22,24,26). The Balaban J connectivity index is 1.57. The van der Waals surface area contributed by atoms with Gasteiger partial charge in [0.1, 0.15) is 5.82 Å². The molecule has 134 valence electrons. The molecule has 2 N–H and O–H groups in total. The summed E-state index contributed by atoms with van der Waals surface area (Å²) in [6, 6.07) is 15.4. The summed E-state index contributed by atoms with van der Waals surface area (Å²) in [6.45, 7) is 2.93. The van der Waals surface area contributed by atoms with Crippen molar-refractivity contribution in [3.8, 4) is 0 Å². The van der Waals surface area contributed by atoms with Gasteiger partial charge in [-0.25, -0.2) is 9.18 Å². The molecule has 0 spiro atoms. The minimum atomic E-state index is -0.292. The second-order valence-corrected chi connectivity index (χ2v) is 6.07. The molecule has 2 amide bonds. The molecule has 26 heavy (non-hydrogen) atoms. The predicted molar refractivity (Wildman–Crippen MR) is 98.0 cm³/mol. The maximum absolute atomic E-state index is 13.0. The molecule has 0 aliphatic rings. The van der Waals surface area contributed by atoms with Crippen LogP contribution >= 0.6 is 0 Å². The van der Waals surface area contributed by atoms with Crippen LogP contribution in [0.2, 0.25) is 0 Å². The summed E-state index contributed by atoms with van der Waals surface area (Å²) in [4.78, 5) is 12.2. The highest BCUT2D eigenvalue weighted by Crippen LogP contribution is 2.13. The Morgan fingerprint density at radius 1 is 1.12 bits per heavy atom. The highest BCUT2D eigenvalue weighted by molar-refractivity contribution is 5.74. The molecule has 1 heterocycles. The smallest absolute Gasteiger partial charge is 0.315 e. The van der Waals surface area contributed by atoms with Crippen LogP contribution in [-0.2, 0) is 13.1 Å². The van der Waals surface area contributed by atoms with Gasteiger partial charge in [-0.3, -0.25) is 4.68 Å². The zero-order valence-corrected chi connectivity index (χ0v) is 14.5. The molecular weight excluding hydrogens is 331 g/mol. The summed E-state index contributed by atoms with van der Waals surface area (Å²) >= 11 is 0. The van der Waals surface area contributed by atoms with Gasteiger partial charge in [-0.05, 0) is 41.8 Å². The first-order valence-corrected chi connectivity index (χ1v) is 8.46. The minimum absolute atomic E-state index is 0.213. The van der Waals surface area contributed by atoms with Crippen molar-refractivity contribution in [2.24, 2.45) is 0 Å². The highest BCUT2D eigenvalue weighted by Gasteiger charge is 2.10. The summed E-state index contributed by atoms with van der Waals surface area (Å²) in [7, 11) is 0. The average Bonchev–Trinajstić information content (AvgIpc) is 3.14. The lowest BCUT2D eigenvalue weighted by molar-refractivity contribution is 0.237. The molecule has 0 saturated heterocycles. The van der Waals surface area contributed by atoms with Crippen molar-refractivity contribution in [1.82, 2.24) is 20.4 Å². The van der Waals surface area contributed by atoms with E-state index in [1.165, 1.54) is 12.1 Å². The van der Waals surface area contributed by atoms with E-state index in [1.807, 2.05) is 48.1 Å². The Hall–Kier alpha value is -3.15. The van der Waals surface area contributed by atoms with Gasteiger partial charge in [0.15, 0.2) is 0 Å². The zero-order chi connectivity index (χ0) is 18.4. The van der Waals surface area contributed by atoms with Gasteiger partial charge in [0.25, 0.3) is 0 Å². The molecule has 3 aromatic rings. The molecule has 1 unspecified atom stereocenters. The van der Waals surface area contributed by atoms with Crippen LogP contribution in [0.5, 0.6) is 0 Å². The normalized spacial score (nSPS) is 11.8. The summed E-state index contributed by atoms with van der Waals surface area (Å²) in [6.07, 6.45) is 3.65. The average molecular weight is 352 g/mol. The van der Waals surface area contributed by atoms with Gasteiger partial charge in [0.2, 0.25) is 0 Å². The third-order valence-corrected chi connectivity index (χ3v) is 4.17. The van der Waals surface area contributed by atoms with Crippen LogP contribution < -0.4 is 10.6 Å². The van der Waals surface area contributed by atoms with Crippen LogP contribution in [0.3, 0.4) is 0 Å². The molecule has 1 atom stereocenters. The Kier molecular flexibility index (Phi) is 5.63. The first-order valence-electron chi connectivity index (χ1n) is 8.46. The predicted octanol–water partition coefficient (Wildman–Crippen LogP) is 3.63. The van der Waals surface area contributed by atoms with Crippen molar-refractivity contribution < 1.29 is 9.18 Å². The molecule has 1 aromatic heterocycles. The van der Waals surface area contributed by atoms with Gasteiger partial charge in [-0.1, -0.05) is 36.4 Å². The number of nitrogens with zero attached hydrogens (tertiary/aromatic N) is 2. The minimum Gasteiger partial charge on any atom is -0.334 e. The number of nitrogens with one attached hydrogen (secondary N) is 2. The van der Waals surface area contributed by atoms with E-state index < -0.39 is 0 Å². The van der Waals surface area contributed by atoms with E-state index in [0.29, 0.717) is 13.1 Å². The van der Waals surface area contributed by atoms with Gasteiger partial charge in [-0.2, -0.15) is 5.10 Å². The van der Waals surface area contributed by atoms with Gasteiger partial charge in [0, 0.05) is 18.9 Å². The largest absolute Gasteiger partial charge is 0.334 e. The van der Waals surface area contributed by atoms with Crippen molar-refractivity contribution in [1.29, 1.82) is 0 Å². The maximum Gasteiger partial charge on any atom is 0.315 e. The number of hydrogen-bond donors (Lipinski definition) is 2. The monoisotopic (exact) mass is 352 g/mol. The number of carbonyl (C=O) groups excluding carboxylic acids is 1. The number of amides is 2. The fourth-order valence-corrected chi connectivity index (χ4v) is 2.71. The number of urea groups is 1. The third kappa shape index (κ3) is 4.69. The van der Waals surface area contributed by atoms with Crippen LogP contribution in [0.25, 0.3) is 0 Å². The van der Waals surface area contributed by atoms with E-state index in [2.05, 4.69) is 15.7 Å². The maximum atomic E-state index is 13.0. The van der Waals surface area contributed by atoms with E-state index >= 15 is 0 Å². The SMILES string of the molecule is CC(NC(=O)NCc1ccccc1Cn1cccn1)c1ccc(F)cc1. The van der Waals surface area contributed by atoms with Gasteiger partial charge in [-0.15, -0.1) is 0 Å². The van der Waals surface area contributed by atoms with Crippen molar-refractivity contribution in [3.05, 3.63) is 89.5 Å². The molecule has 0 radical (unpaired) electrons. The second kappa shape index (κ2) is 8.29. The molecule has 2 aromatic carbocycles. The Labute approximate surface area is 151 Å². The lowest BCUT2D eigenvalue weighted by Crippen LogP contribution is -2.36. The van der Waals surface area contributed by atoms with Crippen LogP contribution in [0.4, 0.5) is 9.18 Å². The van der Waals surface area contributed by atoms with Crippen molar-refractivity contribution in [2.45, 2.75) is 26.1 Å². The number of carbonyl (C=O) groups is 1. The van der Waals surface area contributed by atoms with Crippen LogP contribution in [0.1, 0.15) is 29.7 Å². The van der Waals surface area contributed by atoms with Crippen LogP contribution in [0, 0.1) is 5.82 Å². The highest BCUT2D eigenvalue weighted by atomic mass is 19.1. The molecule has 6 heteroatoms. The Morgan fingerprint density at radius 2 is 1.85 bits per heavy atom. The van der Waals surface area contributed by atoms with Crippen molar-refractivity contribution in [3.63, 3.8) is 0 Å². The van der Waals surface area contributed by atoms with Crippen molar-refractivity contribution in [2.75, 3.05) is 0 Å². The summed E-state index contributed by atoms with van der Waals surface area (Å²) in [5.41, 5.74) is 2.98. The third-order valence-electron chi connectivity index (χ3n) is 4.17. The fourth-order valence-electron chi connectivity index (χ4n) is 2.71. The number of halogens is 1. The van der Waals surface area contributed by atoms with E-state index in [4.69, 9.17) is 0 Å². The van der Waals surface area contributed by atoms with E-state index in [9.17, 15) is 9.18 Å². The summed E-state index contributed by atoms with van der Waals surface area (Å²) < 4.78 is 14.8. The zero-order valence-electron chi connectivity index (χ0n) is 14.5. The molecule has 0 aliphatic carbocycles. The molecule has 3 rings (SSSR count). The lowest BCUT2D eigenvalue weighted by Gasteiger charge is -2.16. The Bertz CT molecular complexity index is 847. The van der Waals surface area contributed by atoms with Crippen molar-refractivity contribution >= 4 is 6.03 Å². The lowest BCUT2D eigenvalue weighted by atomic mass is 10.1. The number of aromatic nitrogens is 2. The molecular formula is C20H21FN4O. The van der Waals surface area contributed by atoms with Crippen LogP contribution in [0.15, 0.2) is 67.0 Å². The topological polar surface area (TPSA) is 59.0 Å². The second-order valence-electron chi connectivity index (χ2n) is 6.07. The van der Waals surface area contributed by atoms with Gasteiger partial charge >= 0.3 is 6.03 Å². The molecule has 0 aliphatic heterocycles. The molecule has 5 nitrogen and oxygen atoms in total. The van der Waals surface area contributed by atoms with E-state index in [-0.39, 0.29) is 17.9 Å². The van der Waals surface area contributed by atoms with E-state index in [0.717, 1.165) is 16.7 Å². The molecule has 0 bridgehead atoms.